The molecular formula is C14H16FN3O. The molecule has 1 fully saturated rings. The molecule has 1 unspecified atom stereocenters. The first-order valence-corrected chi connectivity index (χ1v) is 6.32. The van der Waals surface area contributed by atoms with Gasteiger partial charge in [-0.15, -0.1) is 0 Å². The Morgan fingerprint density at radius 2 is 2.26 bits per heavy atom. The van der Waals surface area contributed by atoms with Crippen molar-refractivity contribution in [2.24, 2.45) is 0 Å². The number of nitrogens with one attached hydrogen (secondary N) is 2. The predicted octanol–water partition coefficient (Wildman–Crippen LogP) is 1.45. The van der Waals surface area contributed by atoms with Crippen LogP contribution in [0, 0.1) is 17.1 Å². The quantitative estimate of drug-likeness (QED) is 0.843. The van der Waals surface area contributed by atoms with E-state index in [1.54, 1.807) is 13.0 Å². The van der Waals surface area contributed by atoms with Gasteiger partial charge in [0.05, 0.1) is 17.7 Å². The summed E-state index contributed by atoms with van der Waals surface area (Å²) < 4.78 is 13.2. The van der Waals surface area contributed by atoms with Crippen LogP contribution in [0.15, 0.2) is 18.2 Å². The first-order chi connectivity index (χ1) is 9.08. The Balaban J connectivity index is 1.88. The number of amides is 1. The highest BCUT2D eigenvalue weighted by Crippen LogP contribution is 2.18. The number of hydrogen-bond acceptors (Lipinski definition) is 3. The molecule has 1 atom stereocenters. The highest BCUT2D eigenvalue weighted by Gasteiger charge is 2.25. The van der Waals surface area contributed by atoms with E-state index in [1.165, 1.54) is 12.1 Å². The third-order valence-corrected chi connectivity index (χ3v) is 3.02. The molecule has 1 aromatic carbocycles. The van der Waals surface area contributed by atoms with Gasteiger partial charge >= 0.3 is 0 Å². The summed E-state index contributed by atoms with van der Waals surface area (Å²) in [6.07, 6.45) is 2.10. The number of nitrogens with zero attached hydrogens (tertiary/aromatic N) is 1. The Labute approximate surface area is 111 Å². The fourth-order valence-electron chi connectivity index (χ4n) is 1.73. The number of carbonyl (C=O) groups excluding carboxylic acids is 1. The molecule has 0 bridgehead atoms. The van der Waals surface area contributed by atoms with Crippen molar-refractivity contribution in [1.82, 2.24) is 10.6 Å². The van der Waals surface area contributed by atoms with Crippen LogP contribution in [0.2, 0.25) is 0 Å². The highest BCUT2D eigenvalue weighted by atomic mass is 19.1. The van der Waals surface area contributed by atoms with E-state index in [2.05, 4.69) is 10.6 Å². The van der Waals surface area contributed by atoms with E-state index in [9.17, 15) is 9.18 Å². The Morgan fingerprint density at radius 3 is 2.89 bits per heavy atom. The summed E-state index contributed by atoms with van der Waals surface area (Å²) in [7, 11) is 0. The van der Waals surface area contributed by atoms with Gasteiger partial charge in [-0.2, -0.15) is 5.26 Å². The van der Waals surface area contributed by atoms with Crippen LogP contribution in [0.3, 0.4) is 0 Å². The normalized spacial score (nSPS) is 15.6. The van der Waals surface area contributed by atoms with Gasteiger partial charge in [-0.05, 0) is 43.5 Å². The second-order valence-corrected chi connectivity index (χ2v) is 4.85. The molecule has 0 saturated heterocycles. The molecule has 0 spiro atoms. The minimum Gasteiger partial charge on any atom is -0.352 e. The van der Waals surface area contributed by atoms with Crippen molar-refractivity contribution in [3.05, 3.63) is 35.1 Å². The molecule has 1 saturated carbocycles. The molecule has 0 aliphatic heterocycles. The van der Waals surface area contributed by atoms with Crippen molar-refractivity contribution in [3.8, 4) is 6.07 Å². The molecule has 5 heteroatoms. The second-order valence-electron chi connectivity index (χ2n) is 4.85. The summed E-state index contributed by atoms with van der Waals surface area (Å²) in [6, 6.07) is 6.06. The summed E-state index contributed by atoms with van der Waals surface area (Å²) in [4.78, 5) is 11.7. The average molecular weight is 261 g/mol. The van der Waals surface area contributed by atoms with Gasteiger partial charge in [-0.1, -0.05) is 0 Å². The van der Waals surface area contributed by atoms with Crippen LogP contribution >= 0.6 is 0 Å². The number of hydrogen-bond donors (Lipinski definition) is 2. The van der Waals surface area contributed by atoms with E-state index < -0.39 is 5.82 Å². The number of nitriles is 1. The van der Waals surface area contributed by atoms with Gasteiger partial charge in [0.25, 0.3) is 0 Å². The van der Waals surface area contributed by atoms with E-state index in [0.29, 0.717) is 18.2 Å². The first kappa shape index (κ1) is 13.5. The molecule has 4 nitrogen and oxygen atoms in total. The van der Waals surface area contributed by atoms with E-state index in [0.717, 1.165) is 12.8 Å². The minimum absolute atomic E-state index is 0.0422. The van der Waals surface area contributed by atoms with E-state index in [1.807, 2.05) is 6.07 Å². The lowest BCUT2D eigenvalue weighted by molar-refractivity contribution is -0.122. The monoisotopic (exact) mass is 261 g/mol. The summed E-state index contributed by atoms with van der Waals surface area (Å²) in [5, 5.41) is 14.7. The van der Waals surface area contributed by atoms with Crippen LogP contribution in [0.25, 0.3) is 0 Å². The lowest BCUT2D eigenvalue weighted by atomic mass is 10.1. The van der Waals surface area contributed by atoms with Gasteiger partial charge in [-0.3, -0.25) is 4.79 Å². The molecule has 1 aromatic rings. The van der Waals surface area contributed by atoms with Gasteiger partial charge in [0.2, 0.25) is 5.91 Å². The number of rotatable bonds is 5. The molecule has 0 radical (unpaired) electrons. The third kappa shape index (κ3) is 4.04. The van der Waals surface area contributed by atoms with Crippen molar-refractivity contribution in [2.75, 3.05) is 0 Å². The summed E-state index contributed by atoms with van der Waals surface area (Å²) in [5.41, 5.74) is 0.939. The Hall–Kier alpha value is -1.93. The van der Waals surface area contributed by atoms with Gasteiger partial charge < -0.3 is 10.6 Å². The zero-order valence-corrected chi connectivity index (χ0v) is 10.7. The molecule has 1 aliphatic carbocycles. The Kier molecular flexibility index (Phi) is 4.13. The maximum Gasteiger partial charge on any atom is 0.237 e. The zero-order chi connectivity index (χ0) is 13.8. The van der Waals surface area contributed by atoms with Crippen molar-refractivity contribution < 1.29 is 9.18 Å². The van der Waals surface area contributed by atoms with Crippen molar-refractivity contribution in [1.29, 1.82) is 5.26 Å². The summed E-state index contributed by atoms with van der Waals surface area (Å²) >= 11 is 0. The maximum absolute atomic E-state index is 13.2. The molecule has 2 rings (SSSR count). The molecule has 1 aliphatic rings. The SMILES string of the molecule is CC(NCc1cc(F)cc(C#N)c1)C(=O)NC1CC1. The lowest BCUT2D eigenvalue weighted by Crippen LogP contribution is -2.42. The molecule has 0 heterocycles. The van der Waals surface area contributed by atoms with Crippen molar-refractivity contribution in [2.45, 2.75) is 38.4 Å². The molecule has 100 valence electrons. The van der Waals surface area contributed by atoms with Gasteiger partial charge in [0.15, 0.2) is 0 Å². The molecule has 2 N–H and O–H groups in total. The third-order valence-electron chi connectivity index (χ3n) is 3.02. The Morgan fingerprint density at radius 1 is 1.53 bits per heavy atom. The van der Waals surface area contributed by atoms with Crippen LogP contribution in [0.1, 0.15) is 30.9 Å². The van der Waals surface area contributed by atoms with E-state index in [4.69, 9.17) is 5.26 Å². The number of halogens is 1. The summed E-state index contributed by atoms with van der Waals surface area (Å²) in [5.74, 6) is -0.481. The second kappa shape index (κ2) is 5.81. The maximum atomic E-state index is 13.2. The zero-order valence-electron chi connectivity index (χ0n) is 10.7. The van der Waals surface area contributed by atoms with Gasteiger partial charge in [-0.25, -0.2) is 4.39 Å². The van der Waals surface area contributed by atoms with Crippen molar-refractivity contribution >= 4 is 5.91 Å². The molecule has 19 heavy (non-hydrogen) atoms. The average Bonchev–Trinajstić information content (AvgIpc) is 3.19. The smallest absolute Gasteiger partial charge is 0.237 e. The largest absolute Gasteiger partial charge is 0.352 e. The highest BCUT2D eigenvalue weighted by molar-refractivity contribution is 5.81. The number of benzene rings is 1. The van der Waals surface area contributed by atoms with Gasteiger partial charge in [0.1, 0.15) is 5.82 Å². The van der Waals surface area contributed by atoms with Gasteiger partial charge in [0, 0.05) is 12.6 Å². The topological polar surface area (TPSA) is 64.9 Å². The van der Waals surface area contributed by atoms with Crippen LogP contribution in [-0.2, 0) is 11.3 Å². The van der Waals surface area contributed by atoms with Crippen molar-refractivity contribution in [3.63, 3.8) is 0 Å². The predicted molar refractivity (Wildman–Crippen MR) is 68.6 cm³/mol. The first-order valence-electron chi connectivity index (χ1n) is 6.32. The van der Waals surface area contributed by atoms with Crippen LogP contribution < -0.4 is 10.6 Å². The van der Waals surface area contributed by atoms with E-state index >= 15 is 0 Å². The summed E-state index contributed by atoms with van der Waals surface area (Å²) in [6.45, 7) is 2.12. The van der Waals surface area contributed by atoms with Crippen LogP contribution in [0.4, 0.5) is 4.39 Å². The molecule has 0 aromatic heterocycles. The standard InChI is InChI=1S/C14H16FN3O/c1-9(14(19)18-13-2-3-13)17-8-11-4-10(7-16)5-12(15)6-11/h4-6,9,13,17H,2-3,8H2,1H3,(H,18,19). The minimum atomic E-state index is -0.439. The van der Waals surface area contributed by atoms with Crippen LogP contribution in [0.5, 0.6) is 0 Å². The van der Waals surface area contributed by atoms with E-state index in [-0.39, 0.29) is 17.5 Å². The number of carbonyl (C=O) groups is 1. The fourth-order valence-corrected chi connectivity index (χ4v) is 1.73. The molecule has 1 amide bonds. The van der Waals surface area contributed by atoms with Crippen LogP contribution in [-0.4, -0.2) is 18.0 Å². The fraction of sp³-hybridized carbons (Fsp3) is 0.429. The lowest BCUT2D eigenvalue weighted by Gasteiger charge is -2.14. The molecular weight excluding hydrogens is 245 g/mol. The Bertz CT molecular complexity index is 520.